The van der Waals surface area contributed by atoms with Crippen molar-refractivity contribution < 1.29 is 8.42 Å². The summed E-state index contributed by atoms with van der Waals surface area (Å²) in [6.07, 6.45) is 5.83. The van der Waals surface area contributed by atoms with E-state index < -0.39 is 10.0 Å². The molecule has 1 aliphatic carbocycles. The summed E-state index contributed by atoms with van der Waals surface area (Å²) in [5.41, 5.74) is 5.29. The maximum absolute atomic E-state index is 12.6. The van der Waals surface area contributed by atoms with Crippen LogP contribution in [0.4, 0.5) is 0 Å². The largest absolute Gasteiger partial charge is 0.264 e. The van der Waals surface area contributed by atoms with Crippen LogP contribution in [0.25, 0.3) is 6.08 Å². The van der Waals surface area contributed by atoms with Gasteiger partial charge >= 0.3 is 0 Å². The number of benzene rings is 2. The van der Waals surface area contributed by atoms with Crippen molar-refractivity contribution in [1.82, 2.24) is 14.5 Å². The summed E-state index contributed by atoms with van der Waals surface area (Å²) in [4.78, 5) is 0. The van der Waals surface area contributed by atoms with Crippen LogP contribution in [0, 0.1) is 0 Å². The van der Waals surface area contributed by atoms with E-state index in [0.29, 0.717) is 6.54 Å². The molecule has 0 bridgehead atoms. The van der Waals surface area contributed by atoms with Crippen molar-refractivity contribution in [1.29, 1.82) is 0 Å². The van der Waals surface area contributed by atoms with Crippen molar-refractivity contribution in [3.63, 3.8) is 0 Å². The smallest absolute Gasteiger partial charge is 0.234 e. The Morgan fingerprint density at radius 1 is 1.03 bits per heavy atom. The molecular formula is C24H27N3O2S. The molecule has 0 amide bonds. The van der Waals surface area contributed by atoms with E-state index in [1.54, 1.807) is 6.08 Å². The fourth-order valence-corrected chi connectivity index (χ4v) is 4.99. The molecule has 1 atom stereocenters. The lowest BCUT2D eigenvalue weighted by molar-refractivity contribution is 0.576. The second-order valence-electron chi connectivity index (χ2n) is 7.76. The Bertz CT molecular complexity index is 1120. The third-order valence-corrected chi connectivity index (χ3v) is 6.69. The molecule has 0 fully saturated rings. The van der Waals surface area contributed by atoms with Gasteiger partial charge in [-0.3, -0.25) is 4.68 Å². The summed E-state index contributed by atoms with van der Waals surface area (Å²) in [6.45, 7) is 2.55. The second kappa shape index (κ2) is 8.98. The second-order valence-corrected chi connectivity index (χ2v) is 9.36. The monoisotopic (exact) mass is 421 g/mol. The molecule has 4 rings (SSSR count). The molecule has 0 radical (unpaired) electrons. The number of hydrogen-bond acceptors (Lipinski definition) is 3. The normalized spacial score (nSPS) is 15.2. The number of sulfonamides is 1. The molecule has 2 aromatic carbocycles. The quantitative estimate of drug-likeness (QED) is 0.612. The number of hydrogen-bond donors (Lipinski definition) is 1. The van der Waals surface area contributed by atoms with Crippen molar-refractivity contribution in [2.24, 2.45) is 0 Å². The average molecular weight is 422 g/mol. The molecule has 0 unspecified atom stereocenters. The van der Waals surface area contributed by atoms with E-state index in [1.165, 1.54) is 22.2 Å². The maximum Gasteiger partial charge on any atom is 0.234 e. The first-order valence-electron chi connectivity index (χ1n) is 10.4. The van der Waals surface area contributed by atoms with Gasteiger partial charge in [-0.1, -0.05) is 60.7 Å². The van der Waals surface area contributed by atoms with Gasteiger partial charge in [-0.05, 0) is 49.8 Å². The van der Waals surface area contributed by atoms with Gasteiger partial charge in [0.2, 0.25) is 10.0 Å². The van der Waals surface area contributed by atoms with E-state index in [9.17, 15) is 8.42 Å². The first kappa shape index (κ1) is 20.6. The molecule has 1 aliphatic rings. The first-order valence-corrected chi connectivity index (χ1v) is 11.9. The van der Waals surface area contributed by atoms with Crippen LogP contribution >= 0.6 is 0 Å². The van der Waals surface area contributed by atoms with Crippen LogP contribution in [0.5, 0.6) is 0 Å². The van der Waals surface area contributed by atoms with Gasteiger partial charge in [0.15, 0.2) is 0 Å². The molecule has 5 nitrogen and oxygen atoms in total. The minimum atomic E-state index is -3.58. The maximum atomic E-state index is 12.6. The number of aromatic nitrogens is 2. The molecule has 0 aliphatic heterocycles. The Balaban J connectivity index is 1.55. The Hall–Kier alpha value is -2.70. The number of nitrogens with zero attached hydrogens (tertiary/aromatic N) is 2. The third kappa shape index (κ3) is 4.89. The highest BCUT2D eigenvalue weighted by Gasteiger charge is 2.20. The van der Waals surface area contributed by atoms with Crippen molar-refractivity contribution >= 4 is 16.1 Å². The molecule has 30 heavy (non-hydrogen) atoms. The Labute approximate surface area is 178 Å². The summed E-state index contributed by atoms with van der Waals surface area (Å²) >= 11 is 0. The first-order chi connectivity index (χ1) is 14.5. The number of nitrogens with one attached hydrogen (secondary N) is 1. The lowest BCUT2D eigenvalue weighted by Crippen LogP contribution is -2.24. The van der Waals surface area contributed by atoms with Crippen molar-refractivity contribution in [3.8, 4) is 0 Å². The van der Waals surface area contributed by atoms with Gasteiger partial charge in [0.05, 0.1) is 12.2 Å². The molecule has 3 aromatic rings. The summed E-state index contributed by atoms with van der Waals surface area (Å²) in [5.74, 6) is 0. The van der Waals surface area contributed by atoms with E-state index in [4.69, 9.17) is 5.10 Å². The van der Waals surface area contributed by atoms with Crippen LogP contribution in [-0.4, -0.2) is 18.2 Å². The van der Waals surface area contributed by atoms with E-state index in [-0.39, 0.29) is 6.04 Å². The van der Waals surface area contributed by atoms with Gasteiger partial charge in [0, 0.05) is 22.7 Å². The Kier molecular flexibility index (Phi) is 6.16. The topological polar surface area (TPSA) is 64.0 Å². The fourth-order valence-electron chi connectivity index (χ4n) is 3.97. The van der Waals surface area contributed by atoms with Gasteiger partial charge in [-0.25, -0.2) is 13.1 Å². The molecule has 1 heterocycles. The van der Waals surface area contributed by atoms with Gasteiger partial charge in [-0.2, -0.15) is 5.10 Å². The van der Waals surface area contributed by atoms with Crippen LogP contribution in [0.2, 0.25) is 0 Å². The highest BCUT2D eigenvalue weighted by molar-refractivity contribution is 7.92. The zero-order chi connectivity index (χ0) is 21.0. The van der Waals surface area contributed by atoms with Crippen LogP contribution in [0.3, 0.4) is 0 Å². The fraction of sp³-hybridized carbons (Fsp3) is 0.292. The standard InChI is InChI=1S/C24H27N3O2S/c1-19(21-12-6-3-7-13-21)26-30(28,29)17-16-23-22-14-8-9-15-24(22)27(25-23)18-20-10-4-2-5-11-20/h2-7,10-13,16-17,19,26H,8-9,14-15,18H2,1H3/b17-16+/t19-/m0/s1. The molecule has 0 saturated carbocycles. The molecule has 1 aromatic heterocycles. The summed E-state index contributed by atoms with van der Waals surface area (Å²) in [7, 11) is -3.58. The minimum Gasteiger partial charge on any atom is -0.264 e. The molecule has 1 N–H and O–H groups in total. The van der Waals surface area contributed by atoms with Crippen LogP contribution in [0.1, 0.15) is 53.9 Å². The van der Waals surface area contributed by atoms with Crippen LogP contribution in [0.15, 0.2) is 66.1 Å². The van der Waals surface area contributed by atoms with E-state index >= 15 is 0 Å². The lowest BCUT2D eigenvalue weighted by Gasteiger charge is -2.14. The third-order valence-electron chi connectivity index (χ3n) is 5.51. The zero-order valence-electron chi connectivity index (χ0n) is 17.2. The summed E-state index contributed by atoms with van der Waals surface area (Å²) < 4.78 is 30.0. The highest BCUT2D eigenvalue weighted by Crippen LogP contribution is 2.26. The van der Waals surface area contributed by atoms with Gasteiger partial charge < -0.3 is 0 Å². The SMILES string of the molecule is C[C@H](NS(=O)(=O)/C=C/c1nn(Cc2ccccc2)c2c1CCCC2)c1ccccc1. The molecule has 0 spiro atoms. The minimum absolute atomic E-state index is 0.301. The predicted molar refractivity (Wildman–Crippen MR) is 120 cm³/mol. The van der Waals surface area contributed by atoms with Gasteiger partial charge in [0.25, 0.3) is 0 Å². The van der Waals surface area contributed by atoms with E-state index in [1.807, 2.05) is 60.1 Å². The summed E-state index contributed by atoms with van der Waals surface area (Å²) in [5, 5.41) is 6.01. The zero-order valence-corrected chi connectivity index (χ0v) is 18.0. The lowest BCUT2D eigenvalue weighted by atomic mass is 9.95. The number of fused-ring (bicyclic) bond motifs is 1. The Morgan fingerprint density at radius 3 is 2.43 bits per heavy atom. The Morgan fingerprint density at radius 2 is 1.70 bits per heavy atom. The van der Waals surface area contributed by atoms with Gasteiger partial charge in [0.1, 0.15) is 0 Å². The molecule has 6 heteroatoms. The van der Waals surface area contributed by atoms with Crippen LogP contribution in [-0.2, 0) is 29.4 Å². The number of rotatable bonds is 7. The molecular weight excluding hydrogens is 394 g/mol. The van der Waals surface area contributed by atoms with E-state index in [0.717, 1.165) is 36.9 Å². The van der Waals surface area contributed by atoms with Gasteiger partial charge in [-0.15, -0.1) is 0 Å². The molecule has 0 saturated heterocycles. The summed E-state index contributed by atoms with van der Waals surface area (Å²) in [6, 6.07) is 19.5. The predicted octanol–water partition coefficient (Wildman–Crippen LogP) is 4.46. The average Bonchev–Trinajstić information content (AvgIpc) is 3.11. The highest BCUT2D eigenvalue weighted by atomic mass is 32.2. The van der Waals surface area contributed by atoms with E-state index in [2.05, 4.69) is 16.9 Å². The van der Waals surface area contributed by atoms with Crippen molar-refractivity contribution in [2.75, 3.05) is 0 Å². The molecule has 156 valence electrons. The van der Waals surface area contributed by atoms with Crippen LogP contribution < -0.4 is 4.72 Å². The van der Waals surface area contributed by atoms with Crippen molar-refractivity contribution in [2.45, 2.75) is 45.2 Å². The van der Waals surface area contributed by atoms with Crippen molar-refractivity contribution in [3.05, 3.63) is 94.1 Å².